The monoisotopic (exact) mass is 550 g/mol. The molecule has 5 rings (SSSR count). The van der Waals surface area contributed by atoms with E-state index in [9.17, 15) is 23.2 Å². The number of anilines is 4. The summed E-state index contributed by atoms with van der Waals surface area (Å²) in [5.41, 5.74) is 3.21. The van der Waals surface area contributed by atoms with E-state index in [1.54, 1.807) is 18.3 Å². The number of rotatable bonds is 7. The van der Waals surface area contributed by atoms with Crippen LogP contribution in [0.2, 0.25) is 0 Å². The van der Waals surface area contributed by atoms with Crippen LogP contribution in [0.3, 0.4) is 0 Å². The third-order valence-corrected chi connectivity index (χ3v) is 7.41. The van der Waals surface area contributed by atoms with E-state index in [0.717, 1.165) is 25.1 Å². The molecule has 4 N–H and O–H groups in total. The molecule has 1 aliphatic carbocycles. The van der Waals surface area contributed by atoms with Crippen LogP contribution in [0.5, 0.6) is 0 Å². The first-order valence-corrected chi connectivity index (χ1v) is 13.0. The fraction of sp³-hybridized carbons (Fsp3) is 0.393. The molecular weight excluding hydrogens is 521 g/mol. The maximum atomic E-state index is 12.8. The van der Waals surface area contributed by atoms with Gasteiger partial charge in [-0.05, 0) is 81.5 Å². The van der Waals surface area contributed by atoms with E-state index in [0.29, 0.717) is 24.2 Å². The van der Waals surface area contributed by atoms with Gasteiger partial charge in [0.05, 0.1) is 17.2 Å². The number of nitriles is 1. The summed E-state index contributed by atoms with van der Waals surface area (Å²) in [6, 6.07) is 11.6. The molecule has 1 fully saturated rings. The third kappa shape index (κ3) is 5.70. The largest absolute Gasteiger partial charge is 0.405 e. The van der Waals surface area contributed by atoms with Gasteiger partial charge in [-0.25, -0.2) is 4.98 Å². The Morgan fingerprint density at radius 2 is 1.90 bits per heavy atom. The number of carbonyl (C=O) groups excluding carboxylic acids is 1. The topological polar surface area (TPSA) is 128 Å². The van der Waals surface area contributed by atoms with Gasteiger partial charge in [0.15, 0.2) is 0 Å². The molecule has 0 unspecified atom stereocenters. The molecule has 0 spiro atoms. The molecule has 0 radical (unpaired) electrons. The maximum Gasteiger partial charge on any atom is 0.405 e. The summed E-state index contributed by atoms with van der Waals surface area (Å²) in [4.78, 5) is 25.7. The number of aromatic nitrogens is 3. The van der Waals surface area contributed by atoms with Crippen LogP contribution >= 0.6 is 0 Å². The van der Waals surface area contributed by atoms with Gasteiger partial charge in [0, 0.05) is 29.3 Å². The number of carbonyl (C=O) groups is 1. The predicted octanol–water partition coefficient (Wildman–Crippen LogP) is 4.98. The van der Waals surface area contributed by atoms with Crippen LogP contribution in [0.4, 0.5) is 36.3 Å². The fourth-order valence-electron chi connectivity index (χ4n) is 5.06. The second kappa shape index (κ2) is 10.4. The van der Waals surface area contributed by atoms with Gasteiger partial charge in [-0.1, -0.05) is 6.07 Å². The third-order valence-electron chi connectivity index (χ3n) is 7.41. The lowest BCUT2D eigenvalue weighted by atomic mass is 9.67. The minimum atomic E-state index is -4.57. The average molecular weight is 551 g/mol. The number of fused-ring (bicyclic) bond motifs is 1. The minimum Gasteiger partial charge on any atom is -0.343 e. The van der Waals surface area contributed by atoms with E-state index in [4.69, 9.17) is 0 Å². The molecule has 1 aromatic carbocycles. The highest BCUT2D eigenvalue weighted by molar-refractivity contribution is 5.99. The van der Waals surface area contributed by atoms with E-state index >= 15 is 0 Å². The number of nitrogens with one attached hydrogen (secondary N) is 4. The summed E-state index contributed by atoms with van der Waals surface area (Å²) in [5, 5.41) is 21.2. The zero-order valence-electron chi connectivity index (χ0n) is 22.1. The number of pyridine rings is 1. The van der Waals surface area contributed by atoms with Crippen molar-refractivity contribution in [3.8, 4) is 6.07 Å². The van der Waals surface area contributed by atoms with E-state index < -0.39 is 24.0 Å². The fourth-order valence-corrected chi connectivity index (χ4v) is 5.06. The van der Waals surface area contributed by atoms with Gasteiger partial charge < -0.3 is 21.3 Å². The second-order valence-corrected chi connectivity index (χ2v) is 10.7. The molecule has 40 heavy (non-hydrogen) atoms. The first-order valence-electron chi connectivity index (χ1n) is 13.0. The zero-order valence-corrected chi connectivity index (χ0v) is 22.1. The van der Waals surface area contributed by atoms with Gasteiger partial charge in [0.1, 0.15) is 17.9 Å². The molecule has 9 nitrogen and oxygen atoms in total. The number of hydrogen-bond donors (Lipinski definition) is 4. The lowest BCUT2D eigenvalue weighted by Crippen LogP contribution is -2.42. The number of alkyl halides is 3. The number of halogens is 3. The van der Waals surface area contributed by atoms with Crippen LogP contribution < -0.4 is 21.3 Å². The van der Waals surface area contributed by atoms with Crippen molar-refractivity contribution in [1.29, 1.82) is 5.26 Å². The number of nitrogens with zero attached hydrogens (tertiary/aromatic N) is 4. The van der Waals surface area contributed by atoms with Crippen molar-refractivity contribution in [3.63, 3.8) is 0 Å². The summed E-state index contributed by atoms with van der Waals surface area (Å²) >= 11 is 0. The molecule has 3 aromatic rings. The predicted molar refractivity (Wildman–Crippen MR) is 144 cm³/mol. The number of benzene rings is 1. The Morgan fingerprint density at radius 1 is 1.12 bits per heavy atom. The smallest absolute Gasteiger partial charge is 0.343 e. The van der Waals surface area contributed by atoms with Crippen molar-refractivity contribution in [1.82, 2.24) is 25.6 Å². The summed E-state index contributed by atoms with van der Waals surface area (Å²) in [7, 11) is 0. The zero-order chi connectivity index (χ0) is 28.5. The maximum absolute atomic E-state index is 12.8. The molecule has 1 saturated carbocycles. The van der Waals surface area contributed by atoms with Crippen LogP contribution in [0.15, 0.2) is 42.7 Å². The molecular formula is C28H29F3N8O. The second-order valence-electron chi connectivity index (χ2n) is 10.7. The van der Waals surface area contributed by atoms with Crippen molar-refractivity contribution in [3.05, 3.63) is 65.1 Å². The van der Waals surface area contributed by atoms with Crippen LogP contribution in [0.1, 0.15) is 60.3 Å². The molecule has 1 aliphatic heterocycles. The summed E-state index contributed by atoms with van der Waals surface area (Å²) < 4.78 is 38.3. The van der Waals surface area contributed by atoms with Crippen LogP contribution in [0, 0.1) is 11.3 Å². The van der Waals surface area contributed by atoms with E-state index in [1.165, 1.54) is 17.3 Å². The van der Waals surface area contributed by atoms with Gasteiger partial charge >= 0.3 is 6.18 Å². The Bertz CT molecular complexity index is 1480. The molecule has 1 amide bonds. The molecule has 12 heteroatoms. The standard InChI is InChI=1S/C28H29F3N8O/c1-26(2)21-5-4-18(12-17(21)6-11-36-26)38-25-34-14-20(24(40)35-16-28(29,30)31)23(39-25)37-19-7-10-33-22(13-19)27(15-32)8-3-9-27/h4-5,7,10,12-14,36H,3,6,8-9,11,16H2,1-2H3,(H,35,40)(H2,33,34,37,38,39). The SMILES string of the molecule is CC1(C)NCCc2cc(Nc3ncc(C(=O)NCC(F)(F)F)c(Nc4ccnc(C5(C#N)CCC5)c4)n3)ccc21. The van der Waals surface area contributed by atoms with Crippen molar-refractivity contribution in [2.24, 2.45) is 0 Å². The minimum absolute atomic E-state index is 0.0113. The van der Waals surface area contributed by atoms with Crippen molar-refractivity contribution >= 4 is 29.0 Å². The lowest BCUT2D eigenvalue weighted by Gasteiger charge is -2.34. The van der Waals surface area contributed by atoms with Crippen LogP contribution in [-0.4, -0.2) is 40.1 Å². The molecule has 0 saturated heterocycles. The van der Waals surface area contributed by atoms with Gasteiger partial charge in [-0.3, -0.25) is 9.78 Å². The Hall–Kier alpha value is -4.24. The summed E-state index contributed by atoms with van der Waals surface area (Å²) in [6.07, 6.45) is 1.32. The first kappa shape index (κ1) is 27.3. The number of amides is 1. The highest BCUT2D eigenvalue weighted by Gasteiger charge is 2.40. The Kier molecular flexibility index (Phi) is 7.10. The Morgan fingerprint density at radius 3 is 2.60 bits per heavy atom. The summed E-state index contributed by atoms with van der Waals surface area (Å²) in [5.74, 6) is -0.807. The van der Waals surface area contributed by atoms with Gasteiger partial charge in [0.2, 0.25) is 5.95 Å². The van der Waals surface area contributed by atoms with Crippen LogP contribution in [-0.2, 0) is 17.4 Å². The Balaban J connectivity index is 1.45. The molecule has 2 aromatic heterocycles. The average Bonchev–Trinajstić information content (AvgIpc) is 2.87. The van der Waals surface area contributed by atoms with Gasteiger partial charge in [-0.15, -0.1) is 0 Å². The summed E-state index contributed by atoms with van der Waals surface area (Å²) in [6.45, 7) is 3.59. The lowest BCUT2D eigenvalue weighted by molar-refractivity contribution is -0.123. The molecule has 3 heterocycles. The van der Waals surface area contributed by atoms with Gasteiger partial charge in [-0.2, -0.15) is 23.4 Å². The van der Waals surface area contributed by atoms with Crippen LogP contribution in [0.25, 0.3) is 0 Å². The van der Waals surface area contributed by atoms with E-state index in [1.807, 2.05) is 23.5 Å². The normalized spacial score (nSPS) is 17.1. The quantitative estimate of drug-likeness (QED) is 0.325. The van der Waals surface area contributed by atoms with Gasteiger partial charge in [0.25, 0.3) is 5.91 Å². The highest BCUT2D eigenvalue weighted by atomic mass is 19.4. The van der Waals surface area contributed by atoms with E-state index in [-0.39, 0.29) is 22.9 Å². The van der Waals surface area contributed by atoms with E-state index in [2.05, 4.69) is 50.8 Å². The van der Waals surface area contributed by atoms with Crippen molar-refractivity contribution in [2.75, 3.05) is 23.7 Å². The highest BCUT2D eigenvalue weighted by Crippen LogP contribution is 2.43. The van der Waals surface area contributed by atoms with Crippen molar-refractivity contribution in [2.45, 2.75) is 56.7 Å². The molecule has 2 aliphatic rings. The first-order chi connectivity index (χ1) is 19.0. The Labute approximate surface area is 229 Å². The number of hydrogen-bond acceptors (Lipinski definition) is 8. The molecule has 208 valence electrons. The molecule has 0 atom stereocenters. The molecule has 0 bridgehead atoms. The van der Waals surface area contributed by atoms with Crippen molar-refractivity contribution < 1.29 is 18.0 Å².